The summed E-state index contributed by atoms with van der Waals surface area (Å²) in [5.41, 5.74) is 1.57. The highest BCUT2D eigenvalue weighted by atomic mass is 79.9. The van der Waals surface area contributed by atoms with E-state index >= 15 is 0 Å². The molecular weight excluding hydrogens is 324 g/mol. The van der Waals surface area contributed by atoms with Gasteiger partial charge in [-0.25, -0.2) is 4.98 Å². The maximum absolute atomic E-state index is 12.2. The maximum Gasteiger partial charge on any atom is 0.265 e. The number of halogens is 1. The number of nitrogens with zero attached hydrogens (tertiary/aromatic N) is 3. The molecule has 0 fully saturated rings. The van der Waals surface area contributed by atoms with E-state index in [2.05, 4.69) is 37.8 Å². The van der Waals surface area contributed by atoms with Gasteiger partial charge in [-0.3, -0.25) is 9.69 Å². The summed E-state index contributed by atoms with van der Waals surface area (Å²) in [6, 6.07) is 0. The predicted octanol–water partition coefficient (Wildman–Crippen LogP) is 1.76. The van der Waals surface area contributed by atoms with Gasteiger partial charge in [0.1, 0.15) is 5.82 Å². The molecule has 1 aromatic heterocycles. The van der Waals surface area contributed by atoms with Crippen LogP contribution in [0.3, 0.4) is 0 Å². The van der Waals surface area contributed by atoms with E-state index < -0.39 is 0 Å². The van der Waals surface area contributed by atoms with Gasteiger partial charge in [-0.05, 0) is 36.7 Å². The summed E-state index contributed by atoms with van der Waals surface area (Å²) in [4.78, 5) is 22.2. The standard InChI is InChI=1S/C13H19BrN4O2/c1-5-15-13-16-10(4)8(2)11(17-13)18(6-7-19)12(20)9(3)14/h19H,3,5-7H2,1-2,4H3,(H,15,16,17). The predicted molar refractivity (Wildman–Crippen MR) is 83.2 cm³/mol. The highest BCUT2D eigenvalue weighted by Crippen LogP contribution is 2.23. The lowest BCUT2D eigenvalue weighted by Crippen LogP contribution is -2.35. The van der Waals surface area contributed by atoms with Crippen LogP contribution in [-0.2, 0) is 4.79 Å². The molecular formula is C13H19BrN4O2. The van der Waals surface area contributed by atoms with Crippen molar-refractivity contribution >= 4 is 33.6 Å². The van der Waals surface area contributed by atoms with E-state index in [1.165, 1.54) is 4.90 Å². The highest BCUT2D eigenvalue weighted by Gasteiger charge is 2.22. The van der Waals surface area contributed by atoms with Gasteiger partial charge in [-0.2, -0.15) is 4.98 Å². The number of nitrogens with one attached hydrogen (secondary N) is 1. The van der Waals surface area contributed by atoms with E-state index in [0.29, 0.717) is 18.3 Å². The number of carbonyl (C=O) groups excluding carboxylic acids is 1. The molecule has 20 heavy (non-hydrogen) atoms. The number of anilines is 2. The number of hydrogen-bond acceptors (Lipinski definition) is 5. The van der Waals surface area contributed by atoms with Crippen molar-refractivity contribution in [1.29, 1.82) is 0 Å². The monoisotopic (exact) mass is 342 g/mol. The van der Waals surface area contributed by atoms with Crippen LogP contribution < -0.4 is 10.2 Å². The molecule has 0 unspecified atom stereocenters. The molecule has 0 aromatic carbocycles. The van der Waals surface area contributed by atoms with Crippen LogP contribution in [0.15, 0.2) is 11.1 Å². The average molecular weight is 343 g/mol. The molecule has 6 nitrogen and oxygen atoms in total. The van der Waals surface area contributed by atoms with Gasteiger partial charge in [0, 0.05) is 17.8 Å². The molecule has 0 spiro atoms. The lowest BCUT2D eigenvalue weighted by atomic mass is 10.2. The third-order valence-corrected chi connectivity index (χ3v) is 3.09. The molecule has 1 rings (SSSR count). The van der Waals surface area contributed by atoms with E-state index in [1.807, 2.05) is 20.8 Å². The molecule has 0 radical (unpaired) electrons. The number of aliphatic hydroxyl groups is 1. The molecule has 1 amide bonds. The number of carbonyl (C=O) groups is 1. The first kappa shape index (κ1) is 16.6. The summed E-state index contributed by atoms with van der Waals surface area (Å²) in [6.45, 7) is 9.88. The second-order valence-electron chi connectivity index (χ2n) is 4.20. The minimum absolute atomic E-state index is 0.145. The van der Waals surface area contributed by atoms with Crippen LogP contribution >= 0.6 is 15.9 Å². The van der Waals surface area contributed by atoms with Gasteiger partial charge in [0.15, 0.2) is 0 Å². The fourth-order valence-corrected chi connectivity index (χ4v) is 1.88. The first-order valence-electron chi connectivity index (χ1n) is 6.28. The number of aryl methyl sites for hydroxylation is 1. The van der Waals surface area contributed by atoms with E-state index in [0.717, 1.165) is 11.3 Å². The fraction of sp³-hybridized carbons (Fsp3) is 0.462. The Hall–Kier alpha value is -1.47. The average Bonchev–Trinajstić information content (AvgIpc) is 2.39. The topological polar surface area (TPSA) is 78.4 Å². The molecule has 0 saturated heterocycles. The second kappa shape index (κ2) is 7.35. The van der Waals surface area contributed by atoms with Gasteiger partial charge in [0.2, 0.25) is 5.95 Å². The van der Waals surface area contributed by atoms with Gasteiger partial charge in [-0.1, -0.05) is 6.58 Å². The number of rotatable bonds is 6. The zero-order valence-corrected chi connectivity index (χ0v) is 13.5. The molecule has 1 heterocycles. The first-order chi connectivity index (χ1) is 9.42. The Bertz CT molecular complexity index is 519. The number of amides is 1. The van der Waals surface area contributed by atoms with E-state index in [-0.39, 0.29) is 23.5 Å². The summed E-state index contributed by atoms with van der Waals surface area (Å²) < 4.78 is 0.214. The largest absolute Gasteiger partial charge is 0.395 e. The summed E-state index contributed by atoms with van der Waals surface area (Å²) in [7, 11) is 0. The summed E-state index contributed by atoms with van der Waals surface area (Å²) in [6.07, 6.45) is 0. The number of aromatic nitrogens is 2. The molecule has 7 heteroatoms. The van der Waals surface area contributed by atoms with Crippen molar-refractivity contribution in [1.82, 2.24) is 9.97 Å². The summed E-state index contributed by atoms with van der Waals surface area (Å²) >= 11 is 3.07. The Balaban J connectivity index is 3.31. The van der Waals surface area contributed by atoms with Gasteiger partial charge >= 0.3 is 0 Å². The molecule has 110 valence electrons. The van der Waals surface area contributed by atoms with Crippen LogP contribution in [-0.4, -0.2) is 40.7 Å². The Morgan fingerprint density at radius 3 is 2.60 bits per heavy atom. The molecule has 0 aliphatic heterocycles. The van der Waals surface area contributed by atoms with E-state index in [9.17, 15) is 4.79 Å². The van der Waals surface area contributed by atoms with Crippen molar-refractivity contribution in [2.24, 2.45) is 0 Å². The zero-order chi connectivity index (χ0) is 15.3. The molecule has 1 aromatic rings. The SMILES string of the molecule is C=C(Br)C(=O)N(CCO)c1nc(NCC)nc(C)c1C. The van der Waals surface area contributed by atoms with Gasteiger partial charge in [0.05, 0.1) is 17.6 Å². The zero-order valence-electron chi connectivity index (χ0n) is 11.9. The highest BCUT2D eigenvalue weighted by molar-refractivity contribution is 9.12. The van der Waals surface area contributed by atoms with Crippen molar-refractivity contribution in [3.8, 4) is 0 Å². The van der Waals surface area contributed by atoms with E-state index in [4.69, 9.17) is 5.11 Å². The van der Waals surface area contributed by atoms with Crippen molar-refractivity contribution < 1.29 is 9.90 Å². The van der Waals surface area contributed by atoms with Crippen LogP contribution in [0.25, 0.3) is 0 Å². The fourth-order valence-electron chi connectivity index (χ4n) is 1.66. The maximum atomic E-state index is 12.2. The lowest BCUT2D eigenvalue weighted by Gasteiger charge is -2.23. The van der Waals surface area contributed by atoms with Gasteiger partial charge in [-0.15, -0.1) is 0 Å². The second-order valence-corrected chi connectivity index (χ2v) is 5.15. The lowest BCUT2D eigenvalue weighted by molar-refractivity contribution is -0.114. The van der Waals surface area contributed by atoms with Crippen LogP contribution in [0.5, 0.6) is 0 Å². The number of aliphatic hydroxyl groups excluding tert-OH is 1. The Morgan fingerprint density at radius 1 is 1.45 bits per heavy atom. The molecule has 0 bridgehead atoms. The minimum Gasteiger partial charge on any atom is -0.395 e. The van der Waals surface area contributed by atoms with Crippen molar-refractivity contribution in [3.05, 3.63) is 22.3 Å². The summed E-state index contributed by atoms with van der Waals surface area (Å²) in [5.74, 6) is 0.609. The van der Waals surface area contributed by atoms with Gasteiger partial charge < -0.3 is 10.4 Å². The molecule has 0 atom stereocenters. The Morgan fingerprint density at radius 2 is 2.10 bits per heavy atom. The molecule has 2 N–H and O–H groups in total. The Kier molecular flexibility index (Phi) is 6.09. The van der Waals surface area contributed by atoms with Crippen LogP contribution in [0.4, 0.5) is 11.8 Å². The third-order valence-electron chi connectivity index (χ3n) is 2.75. The van der Waals surface area contributed by atoms with Crippen LogP contribution in [0.1, 0.15) is 18.2 Å². The van der Waals surface area contributed by atoms with Crippen molar-refractivity contribution in [2.45, 2.75) is 20.8 Å². The van der Waals surface area contributed by atoms with Crippen LogP contribution in [0, 0.1) is 13.8 Å². The van der Waals surface area contributed by atoms with Crippen molar-refractivity contribution in [2.75, 3.05) is 29.9 Å². The normalized spacial score (nSPS) is 10.2. The minimum atomic E-state index is -0.331. The smallest absolute Gasteiger partial charge is 0.265 e. The van der Waals surface area contributed by atoms with E-state index in [1.54, 1.807) is 0 Å². The number of hydrogen-bond donors (Lipinski definition) is 2. The molecule has 0 saturated carbocycles. The van der Waals surface area contributed by atoms with Gasteiger partial charge in [0.25, 0.3) is 5.91 Å². The quantitative estimate of drug-likeness (QED) is 0.770. The third kappa shape index (κ3) is 3.77. The van der Waals surface area contributed by atoms with Crippen LogP contribution in [0.2, 0.25) is 0 Å². The summed E-state index contributed by atoms with van der Waals surface area (Å²) in [5, 5.41) is 12.2. The first-order valence-corrected chi connectivity index (χ1v) is 7.07. The Labute approximate surface area is 127 Å². The van der Waals surface area contributed by atoms with Crippen molar-refractivity contribution in [3.63, 3.8) is 0 Å². The molecule has 0 aliphatic rings. The molecule has 0 aliphatic carbocycles.